The van der Waals surface area contributed by atoms with Crippen molar-refractivity contribution in [2.75, 3.05) is 6.61 Å². The van der Waals surface area contributed by atoms with Crippen LogP contribution in [0.4, 0.5) is 0 Å². The first-order chi connectivity index (χ1) is 9.09. The van der Waals surface area contributed by atoms with E-state index in [1.807, 2.05) is 0 Å². The number of para-hydroxylation sites is 1. The van der Waals surface area contributed by atoms with Crippen LogP contribution >= 0.6 is 0 Å². The van der Waals surface area contributed by atoms with Gasteiger partial charge < -0.3 is 9.84 Å². The van der Waals surface area contributed by atoms with Gasteiger partial charge in [-0.15, -0.1) is 0 Å². The van der Waals surface area contributed by atoms with Crippen LogP contribution in [0.25, 0.3) is 0 Å². The third kappa shape index (κ3) is 6.85. The number of carbonyl (C=O) groups is 1. The number of aromatic hydroxyl groups is 1. The summed E-state index contributed by atoms with van der Waals surface area (Å²) in [5.41, 5.74) is 0.618. The Morgan fingerprint density at radius 3 is 2.63 bits per heavy atom. The van der Waals surface area contributed by atoms with Crippen molar-refractivity contribution in [2.45, 2.75) is 46.0 Å². The van der Waals surface area contributed by atoms with E-state index in [0.29, 0.717) is 12.2 Å². The number of ether oxygens (including phenoxy) is 1. The molecule has 106 valence electrons. The molecule has 0 amide bonds. The van der Waals surface area contributed by atoms with Gasteiger partial charge in [0, 0.05) is 5.56 Å². The molecule has 1 N–H and O–H groups in total. The topological polar surface area (TPSA) is 46.5 Å². The van der Waals surface area contributed by atoms with E-state index < -0.39 is 0 Å². The highest BCUT2D eigenvalue weighted by atomic mass is 16.5. The van der Waals surface area contributed by atoms with Crippen molar-refractivity contribution in [3.63, 3.8) is 0 Å². The van der Waals surface area contributed by atoms with Gasteiger partial charge in [-0.25, -0.2) is 0 Å². The van der Waals surface area contributed by atoms with Crippen molar-refractivity contribution >= 4 is 5.97 Å². The number of hydrogen-bond donors (Lipinski definition) is 1. The van der Waals surface area contributed by atoms with E-state index in [1.54, 1.807) is 24.3 Å². The van der Waals surface area contributed by atoms with Gasteiger partial charge in [-0.05, 0) is 18.4 Å². The molecule has 1 aromatic rings. The SMILES string of the molecule is CC(C)CCCCCOC(=O)Cc1ccccc1O. The van der Waals surface area contributed by atoms with E-state index in [9.17, 15) is 9.90 Å². The lowest BCUT2D eigenvalue weighted by Gasteiger charge is -2.07. The van der Waals surface area contributed by atoms with Gasteiger partial charge in [0.05, 0.1) is 13.0 Å². The van der Waals surface area contributed by atoms with E-state index in [-0.39, 0.29) is 18.1 Å². The number of rotatable bonds is 8. The number of benzene rings is 1. The molecule has 0 aromatic heterocycles. The summed E-state index contributed by atoms with van der Waals surface area (Å²) >= 11 is 0. The Bertz CT molecular complexity index is 385. The Kier molecular flexibility index (Phi) is 7.01. The van der Waals surface area contributed by atoms with Crippen LogP contribution in [-0.2, 0) is 16.0 Å². The summed E-state index contributed by atoms with van der Waals surface area (Å²) in [6.07, 6.45) is 4.57. The molecule has 3 heteroatoms. The van der Waals surface area contributed by atoms with Crippen LogP contribution < -0.4 is 0 Å². The molecule has 19 heavy (non-hydrogen) atoms. The van der Waals surface area contributed by atoms with Crippen molar-refractivity contribution in [1.82, 2.24) is 0 Å². The normalized spacial score (nSPS) is 10.7. The summed E-state index contributed by atoms with van der Waals surface area (Å²) in [6.45, 7) is 4.91. The number of unbranched alkanes of at least 4 members (excludes halogenated alkanes) is 2. The van der Waals surface area contributed by atoms with E-state index in [1.165, 1.54) is 12.8 Å². The van der Waals surface area contributed by atoms with Crippen molar-refractivity contribution in [3.05, 3.63) is 29.8 Å². The van der Waals surface area contributed by atoms with Crippen LogP contribution in [0.3, 0.4) is 0 Å². The molecule has 0 aliphatic rings. The van der Waals surface area contributed by atoms with Crippen molar-refractivity contribution < 1.29 is 14.6 Å². The molecule has 0 bridgehead atoms. The molecule has 0 spiro atoms. The maximum absolute atomic E-state index is 11.6. The minimum atomic E-state index is -0.273. The lowest BCUT2D eigenvalue weighted by atomic mass is 10.1. The van der Waals surface area contributed by atoms with Crippen LogP contribution in [0.5, 0.6) is 5.75 Å². The molecule has 1 rings (SSSR count). The predicted molar refractivity (Wildman–Crippen MR) is 76.1 cm³/mol. The number of hydrogen-bond acceptors (Lipinski definition) is 3. The number of phenolic OH excluding ortho intramolecular Hbond substituents is 1. The van der Waals surface area contributed by atoms with Gasteiger partial charge in [0.2, 0.25) is 0 Å². The summed E-state index contributed by atoms with van der Waals surface area (Å²) in [4.78, 5) is 11.6. The fourth-order valence-electron chi connectivity index (χ4n) is 1.88. The Morgan fingerprint density at radius 1 is 1.21 bits per heavy atom. The highest BCUT2D eigenvalue weighted by Gasteiger charge is 2.07. The first-order valence-corrected chi connectivity index (χ1v) is 7.02. The first kappa shape index (κ1) is 15.5. The largest absolute Gasteiger partial charge is 0.508 e. The van der Waals surface area contributed by atoms with Gasteiger partial charge >= 0.3 is 5.97 Å². The molecule has 0 saturated carbocycles. The zero-order valence-electron chi connectivity index (χ0n) is 11.9. The van der Waals surface area contributed by atoms with Gasteiger partial charge in [0.15, 0.2) is 0 Å². The maximum Gasteiger partial charge on any atom is 0.310 e. The molecule has 0 heterocycles. The minimum Gasteiger partial charge on any atom is -0.508 e. The second-order valence-corrected chi connectivity index (χ2v) is 5.27. The monoisotopic (exact) mass is 264 g/mol. The average molecular weight is 264 g/mol. The summed E-state index contributed by atoms with van der Waals surface area (Å²) in [5, 5.41) is 9.55. The lowest BCUT2D eigenvalue weighted by Crippen LogP contribution is -2.09. The molecular weight excluding hydrogens is 240 g/mol. The summed E-state index contributed by atoms with van der Waals surface area (Å²) in [5.74, 6) is 0.616. The van der Waals surface area contributed by atoms with Gasteiger partial charge in [-0.3, -0.25) is 4.79 Å². The van der Waals surface area contributed by atoms with Crippen LogP contribution in [0, 0.1) is 5.92 Å². The standard InChI is InChI=1S/C16H24O3/c1-13(2)8-4-3-7-11-19-16(18)12-14-9-5-6-10-15(14)17/h5-6,9-10,13,17H,3-4,7-8,11-12H2,1-2H3. The second-order valence-electron chi connectivity index (χ2n) is 5.27. The fraction of sp³-hybridized carbons (Fsp3) is 0.562. The average Bonchev–Trinajstić information content (AvgIpc) is 2.36. The van der Waals surface area contributed by atoms with E-state index >= 15 is 0 Å². The predicted octanol–water partition coefficient (Wildman–Crippen LogP) is 3.69. The molecule has 0 fully saturated rings. The quantitative estimate of drug-likeness (QED) is 0.575. The molecule has 1 aromatic carbocycles. The Morgan fingerprint density at radius 2 is 1.95 bits per heavy atom. The number of phenols is 1. The van der Waals surface area contributed by atoms with Gasteiger partial charge in [-0.1, -0.05) is 51.3 Å². The van der Waals surface area contributed by atoms with Gasteiger partial charge in [0.25, 0.3) is 0 Å². The molecule has 0 atom stereocenters. The minimum absolute atomic E-state index is 0.138. The number of esters is 1. The van der Waals surface area contributed by atoms with E-state index in [4.69, 9.17) is 4.74 Å². The maximum atomic E-state index is 11.6. The first-order valence-electron chi connectivity index (χ1n) is 7.02. The van der Waals surface area contributed by atoms with Crippen LogP contribution in [0.1, 0.15) is 45.1 Å². The Hall–Kier alpha value is -1.51. The smallest absolute Gasteiger partial charge is 0.310 e. The molecule has 0 aliphatic heterocycles. The van der Waals surface area contributed by atoms with Crippen molar-refractivity contribution in [3.8, 4) is 5.75 Å². The van der Waals surface area contributed by atoms with Crippen LogP contribution in [-0.4, -0.2) is 17.7 Å². The van der Waals surface area contributed by atoms with Crippen molar-refractivity contribution in [1.29, 1.82) is 0 Å². The molecular formula is C16H24O3. The van der Waals surface area contributed by atoms with Crippen LogP contribution in [0.15, 0.2) is 24.3 Å². The Balaban J connectivity index is 2.13. The second kappa shape index (κ2) is 8.57. The third-order valence-electron chi connectivity index (χ3n) is 3.02. The van der Waals surface area contributed by atoms with Gasteiger partial charge in [0.1, 0.15) is 5.75 Å². The Labute approximate surface area is 115 Å². The molecule has 0 radical (unpaired) electrons. The summed E-state index contributed by atoms with van der Waals surface area (Å²) in [6, 6.07) is 6.85. The zero-order chi connectivity index (χ0) is 14.1. The highest BCUT2D eigenvalue weighted by Crippen LogP contribution is 2.16. The van der Waals surface area contributed by atoms with Crippen molar-refractivity contribution in [2.24, 2.45) is 5.92 Å². The van der Waals surface area contributed by atoms with E-state index in [2.05, 4.69) is 13.8 Å². The fourth-order valence-corrected chi connectivity index (χ4v) is 1.88. The van der Waals surface area contributed by atoms with Gasteiger partial charge in [-0.2, -0.15) is 0 Å². The molecule has 0 aliphatic carbocycles. The number of carbonyl (C=O) groups excluding carboxylic acids is 1. The summed E-state index contributed by atoms with van der Waals surface area (Å²) < 4.78 is 5.16. The molecule has 0 saturated heterocycles. The zero-order valence-corrected chi connectivity index (χ0v) is 11.9. The lowest BCUT2D eigenvalue weighted by molar-refractivity contribution is -0.143. The third-order valence-corrected chi connectivity index (χ3v) is 3.02. The van der Waals surface area contributed by atoms with E-state index in [0.717, 1.165) is 18.8 Å². The highest BCUT2D eigenvalue weighted by molar-refractivity contribution is 5.73. The molecule has 0 unspecified atom stereocenters. The summed E-state index contributed by atoms with van der Waals surface area (Å²) in [7, 11) is 0. The van der Waals surface area contributed by atoms with Crippen LogP contribution in [0.2, 0.25) is 0 Å². The molecule has 3 nitrogen and oxygen atoms in total.